The number of ether oxygens (including phenoxy) is 2. The number of fused-ring (bicyclic) bond motifs is 1. The minimum atomic E-state index is -1.05. The third kappa shape index (κ3) is 3.00. The average Bonchev–Trinajstić information content (AvgIpc) is 2.98. The highest BCUT2D eigenvalue weighted by Crippen LogP contribution is 2.24. The maximum atomic E-state index is 13.0. The van der Waals surface area contributed by atoms with Crippen LogP contribution in [0.3, 0.4) is 0 Å². The monoisotopic (exact) mass is 332 g/mol. The highest BCUT2D eigenvalue weighted by Gasteiger charge is 2.34. The molecule has 7 nitrogen and oxygen atoms in total. The van der Waals surface area contributed by atoms with Gasteiger partial charge in [0.05, 0.1) is 25.4 Å². The van der Waals surface area contributed by atoms with Crippen molar-refractivity contribution in [3.8, 4) is 0 Å². The highest BCUT2D eigenvalue weighted by molar-refractivity contribution is 6.08. The summed E-state index contributed by atoms with van der Waals surface area (Å²) < 4.78 is 12.3. The molecule has 128 valence electrons. The molecule has 0 bridgehead atoms. The van der Waals surface area contributed by atoms with Crippen LogP contribution in [-0.2, 0) is 20.8 Å². The molecule has 1 unspecified atom stereocenters. The number of aliphatic carboxylic acids is 1. The van der Waals surface area contributed by atoms with Crippen LogP contribution in [0.5, 0.6) is 0 Å². The Labute approximate surface area is 139 Å². The Hall–Kier alpha value is -2.38. The van der Waals surface area contributed by atoms with Gasteiger partial charge in [0.2, 0.25) is 0 Å². The number of carbonyl (C=O) groups is 2. The Morgan fingerprint density at radius 1 is 1.38 bits per heavy atom. The summed E-state index contributed by atoms with van der Waals surface area (Å²) in [5.41, 5.74) is 1.44. The third-order valence-electron chi connectivity index (χ3n) is 4.23. The van der Waals surface area contributed by atoms with Crippen LogP contribution in [0.4, 0.5) is 0 Å². The fourth-order valence-electron chi connectivity index (χ4n) is 3.00. The number of amides is 1. The van der Waals surface area contributed by atoms with Crippen molar-refractivity contribution in [3.63, 3.8) is 0 Å². The Bertz CT molecular complexity index is 755. The number of hydrogen-bond acceptors (Lipinski definition) is 4. The molecule has 0 radical (unpaired) electrons. The molecule has 0 saturated carbocycles. The van der Waals surface area contributed by atoms with Crippen molar-refractivity contribution < 1.29 is 24.2 Å². The number of benzene rings is 1. The minimum Gasteiger partial charge on any atom is -0.480 e. The fourth-order valence-corrected chi connectivity index (χ4v) is 3.00. The zero-order chi connectivity index (χ0) is 17.1. The smallest absolute Gasteiger partial charge is 0.328 e. The van der Waals surface area contributed by atoms with Gasteiger partial charge >= 0.3 is 5.97 Å². The van der Waals surface area contributed by atoms with Gasteiger partial charge in [0.15, 0.2) is 6.04 Å². The SMILES string of the molecule is COCCn1cc(C(=O)N2CCOCC2C(=O)O)c2ccccc21. The van der Waals surface area contributed by atoms with Gasteiger partial charge in [0.1, 0.15) is 0 Å². The molecule has 1 atom stereocenters. The van der Waals surface area contributed by atoms with E-state index < -0.39 is 12.0 Å². The van der Waals surface area contributed by atoms with Crippen LogP contribution in [-0.4, -0.2) is 66.0 Å². The van der Waals surface area contributed by atoms with Gasteiger partial charge in [-0.2, -0.15) is 0 Å². The molecule has 1 aromatic carbocycles. The Morgan fingerprint density at radius 3 is 2.92 bits per heavy atom. The highest BCUT2D eigenvalue weighted by atomic mass is 16.5. The van der Waals surface area contributed by atoms with Crippen molar-refractivity contribution in [2.24, 2.45) is 0 Å². The number of aromatic nitrogens is 1. The normalized spacial score (nSPS) is 18.0. The lowest BCUT2D eigenvalue weighted by atomic mass is 10.1. The first-order chi connectivity index (χ1) is 11.6. The molecule has 24 heavy (non-hydrogen) atoms. The first-order valence-electron chi connectivity index (χ1n) is 7.82. The Morgan fingerprint density at radius 2 is 2.17 bits per heavy atom. The van der Waals surface area contributed by atoms with Crippen LogP contribution < -0.4 is 0 Å². The predicted molar refractivity (Wildman–Crippen MR) is 87.1 cm³/mol. The molecule has 1 aliphatic rings. The second-order valence-corrected chi connectivity index (χ2v) is 5.67. The Balaban J connectivity index is 1.98. The molecule has 3 rings (SSSR count). The van der Waals surface area contributed by atoms with Crippen molar-refractivity contribution in [1.82, 2.24) is 9.47 Å². The van der Waals surface area contributed by atoms with Gasteiger partial charge in [-0.1, -0.05) is 18.2 Å². The maximum absolute atomic E-state index is 13.0. The number of methoxy groups -OCH3 is 1. The second kappa shape index (κ2) is 7.02. The number of carboxylic acids is 1. The lowest BCUT2D eigenvalue weighted by Crippen LogP contribution is -2.52. The summed E-state index contributed by atoms with van der Waals surface area (Å²) in [7, 11) is 1.63. The second-order valence-electron chi connectivity index (χ2n) is 5.67. The minimum absolute atomic E-state index is 0.0173. The van der Waals surface area contributed by atoms with Gasteiger partial charge in [-0.25, -0.2) is 4.79 Å². The number of carbonyl (C=O) groups excluding carboxylic acids is 1. The summed E-state index contributed by atoms with van der Waals surface area (Å²) in [5, 5.41) is 10.2. The lowest BCUT2D eigenvalue weighted by molar-refractivity contribution is -0.147. The molecule has 2 aromatic rings. The van der Waals surface area contributed by atoms with Gasteiger partial charge < -0.3 is 24.0 Å². The maximum Gasteiger partial charge on any atom is 0.328 e. The molecule has 7 heteroatoms. The number of morpholine rings is 1. The quantitative estimate of drug-likeness (QED) is 0.890. The number of hydrogen-bond donors (Lipinski definition) is 1. The van der Waals surface area contributed by atoms with E-state index in [0.717, 1.165) is 10.9 Å². The zero-order valence-electron chi connectivity index (χ0n) is 13.5. The van der Waals surface area contributed by atoms with E-state index in [1.807, 2.05) is 28.8 Å². The number of rotatable bonds is 5. The van der Waals surface area contributed by atoms with Crippen LogP contribution >= 0.6 is 0 Å². The largest absolute Gasteiger partial charge is 0.480 e. The van der Waals surface area contributed by atoms with Crippen LogP contribution in [0.2, 0.25) is 0 Å². The van der Waals surface area contributed by atoms with Gasteiger partial charge in [-0.3, -0.25) is 4.79 Å². The molecule has 1 amide bonds. The molecule has 1 N–H and O–H groups in total. The van der Waals surface area contributed by atoms with E-state index in [0.29, 0.717) is 25.3 Å². The van der Waals surface area contributed by atoms with E-state index in [1.165, 1.54) is 4.90 Å². The van der Waals surface area contributed by atoms with E-state index in [-0.39, 0.29) is 19.1 Å². The fraction of sp³-hybridized carbons (Fsp3) is 0.412. The molecule has 1 aromatic heterocycles. The molecule has 1 fully saturated rings. The molecule has 2 heterocycles. The van der Waals surface area contributed by atoms with E-state index in [4.69, 9.17) is 9.47 Å². The van der Waals surface area contributed by atoms with Gasteiger partial charge in [-0.15, -0.1) is 0 Å². The summed E-state index contributed by atoms with van der Waals surface area (Å²) in [6.07, 6.45) is 1.78. The summed E-state index contributed by atoms with van der Waals surface area (Å²) in [6.45, 7) is 1.78. The molecule has 0 aliphatic carbocycles. The van der Waals surface area contributed by atoms with Crippen molar-refractivity contribution in [3.05, 3.63) is 36.0 Å². The van der Waals surface area contributed by atoms with Gasteiger partial charge in [-0.05, 0) is 6.07 Å². The topological polar surface area (TPSA) is 81.0 Å². The predicted octanol–water partition coefficient (Wildman–Crippen LogP) is 1.21. The summed E-state index contributed by atoms with van der Waals surface area (Å²) in [4.78, 5) is 25.8. The lowest BCUT2D eigenvalue weighted by Gasteiger charge is -2.32. The van der Waals surface area contributed by atoms with Crippen LogP contribution in [0.25, 0.3) is 10.9 Å². The molecule has 1 saturated heterocycles. The van der Waals surface area contributed by atoms with Crippen molar-refractivity contribution in [2.75, 3.05) is 33.5 Å². The standard InChI is InChI=1S/C17H20N2O5/c1-23-8-6-18-10-13(12-4-2-3-5-14(12)18)16(20)19-7-9-24-11-15(19)17(21)22/h2-5,10,15H,6-9,11H2,1H3,(H,21,22). The van der Waals surface area contributed by atoms with E-state index in [2.05, 4.69) is 0 Å². The van der Waals surface area contributed by atoms with Crippen LogP contribution in [0, 0.1) is 0 Å². The van der Waals surface area contributed by atoms with E-state index >= 15 is 0 Å². The summed E-state index contributed by atoms with van der Waals surface area (Å²) in [6, 6.07) is 6.65. The van der Waals surface area contributed by atoms with Crippen molar-refractivity contribution >= 4 is 22.8 Å². The van der Waals surface area contributed by atoms with E-state index in [1.54, 1.807) is 13.3 Å². The third-order valence-corrected chi connectivity index (χ3v) is 4.23. The first-order valence-corrected chi connectivity index (χ1v) is 7.82. The van der Waals surface area contributed by atoms with Crippen molar-refractivity contribution in [2.45, 2.75) is 12.6 Å². The van der Waals surface area contributed by atoms with Gasteiger partial charge in [0.25, 0.3) is 5.91 Å². The summed E-state index contributed by atoms with van der Waals surface area (Å²) in [5.74, 6) is -1.33. The van der Waals surface area contributed by atoms with E-state index in [9.17, 15) is 14.7 Å². The summed E-state index contributed by atoms with van der Waals surface area (Å²) >= 11 is 0. The number of carboxylic acid groups (broad SMARTS) is 1. The molecule has 0 spiro atoms. The average molecular weight is 332 g/mol. The number of nitrogens with zero attached hydrogens (tertiary/aromatic N) is 2. The number of para-hydroxylation sites is 1. The van der Waals surface area contributed by atoms with Gasteiger partial charge in [0, 0.05) is 37.3 Å². The molecule has 1 aliphatic heterocycles. The zero-order valence-corrected chi connectivity index (χ0v) is 13.5. The van der Waals surface area contributed by atoms with Crippen molar-refractivity contribution in [1.29, 1.82) is 0 Å². The van der Waals surface area contributed by atoms with Crippen LogP contribution in [0.15, 0.2) is 30.5 Å². The molecular weight excluding hydrogens is 312 g/mol. The Kier molecular flexibility index (Phi) is 4.82. The first kappa shape index (κ1) is 16.5. The molecular formula is C17H20N2O5. The van der Waals surface area contributed by atoms with Crippen LogP contribution in [0.1, 0.15) is 10.4 Å².